The number of carbonyl (C=O) groups is 1. The van der Waals surface area contributed by atoms with Gasteiger partial charge in [-0.1, -0.05) is 54.6 Å². The first-order chi connectivity index (χ1) is 14.5. The van der Waals surface area contributed by atoms with Gasteiger partial charge in [0.2, 0.25) is 5.91 Å². The molecule has 0 radical (unpaired) electrons. The summed E-state index contributed by atoms with van der Waals surface area (Å²) < 4.78 is 2.07. The number of carbonyl (C=O) groups excluding carboxylic acids is 1. The van der Waals surface area contributed by atoms with E-state index in [-0.39, 0.29) is 11.4 Å². The summed E-state index contributed by atoms with van der Waals surface area (Å²) >= 11 is 0. The molecular formula is C25H24N4O. The van der Waals surface area contributed by atoms with Crippen molar-refractivity contribution < 1.29 is 4.79 Å². The van der Waals surface area contributed by atoms with Crippen molar-refractivity contribution in [3.8, 4) is 22.5 Å². The summed E-state index contributed by atoms with van der Waals surface area (Å²) in [6, 6.07) is 22.5. The molecule has 1 aliphatic carbocycles. The van der Waals surface area contributed by atoms with E-state index in [9.17, 15) is 4.79 Å². The first-order valence-corrected chi connectivity index (χ1v) is 10.3. The van der Waals surface area contributed by atoms with Gasteiger partial charge in [0.1, 0.15) is 5.65 Å². The summed E-state index contributed by atoms with van der Waals surface area (Å²) in [4.78, 5) is 16.4. The van der Waals surface area contributed by atoms with Crippen LogP contribution in [0.4, 0.5) is 5.69 Å². The van der Waals surface area contributed by atoms with Crippen LogP contribution in [-0.2, 0) is 10.3 Å². The van der Waals surface area contributed by atoms with Crippen LogP contribution in [0.3, 0.4) is 0 Å². The zero-order valence-electron chi connectivity index (χ0n) is 16.9. The lowest BCUT2D eigenvalue weighted by molar-refractivity contribution is -0.114. The minimum Gasteiger partial charge on any atom is -0.326 e. The van der Waals surface area contributed by atoms with Gasteiger partial charge in [-0.2, -0.15) is 0 Å². The van der Waals surface area contributed by atoms with E-state index in [0.717, 1.165) is 46.7 Å². The van der Waals surface area contributed by atoms with Crippen molar-refractivity contribution in [1.82, 2.24) is 9.38 Å². The van der Waals surface area contributed by atoms with Crippen LogP contribution in [0.2, 0.25) is 0 Å². The van der Waals surface area contributed by atoms with Gasteiger partial charge in [0, 0.05) is 41.5 Å². The molecule has 0 aliphatic heterocycles. The number of rotatable bonds is 4. The Morgan fingerprint density at radius 2 is 1.77 bits per heavy atom. The van der Waals surface area contributed by atoms with Crippen LogP contribution >= 0.6 is 0 Å². The molecule has 30 heavy (non-hydrogen) atoms. The molecule has 1 aliphatic rings. The molecule has 1 saturated carbocycles. The molecule has 0 saturated heterocycles. The zero-order chi connectivity index (χ0) is 20.7. The third-order valence-corrected chi connectivity index (χ3v) is 5.97. The Kier molecular flexibility index (Phi) is 4.40. The SMILES string of the molecule is CC(=O)Nc1ccn2c(-c3ccccc3)c(-c3ccc(C4(N)CCC4)cc3)nc2c1. The summed E-state index contributed by atoms with van der Waals surface area (Å²) in [5.41, 5.74) is 13.1. The summed E-state index contributed by atoms with van der Waals surface area (Å²) in [7, 11) is 0. The molecule has 5 rings (SSSR count). The quantitative estimate of drug-likeness (QED) is 0.512. The van der Waals surface area contributed by atoms with Gasteiger partial charge in [-0.15, -0.1) is 0 Å². The summed E-state index contributed by atoms with van der Waals surface area (Å²) in [5, 5.41) is 2.84. The van der Waals surface area contributed by atoms with Gasteiger partial charge in [0.05, 0.1) is 11.4 Å². The Bertz CT molecular complexity index is 1220. The first-order valence-electron chi connectivity index (χ1n) is 10.3. The Labute approximate surface area is 175 Å². The van der Waals surface area contributed by atoms with E-state index in [4.69, 9.17) is 10.7 Å². The fraction of sp³-hybridized carbons (Fsp3) is 0.200. The third kappa shape index (κ3) is 3.17. The van der Waals surface area contributed by atoms with Crippen molar-refractivity contribution in [1.29, 1.82) is 0 Å². The molecule has 2 aromatic heterocycles. The highest BCUT2D eigenvalue weighted by Gasteiger charge is 2.34. The number of fused-ring (bicyclic) bond motifs is 1. The number of aromatic nitrogens is 2. The predicted molar refractivity (Wildman–Crippen MR) is 120 cm³/mol. The highest BCUT2D eigenvalue weighted by molar-refractivity contribution is 5.90. The Morgan fingerprint density at radius 3 is 2.40 bits per heavy atom. The molecular weight excluding hydrogens is 372 g/mol. The summed E-state index contributed by atoms with van der Waals surface area (Å²) in [5.74, 6) is -0.100. The van der Waals surface area contributed by atoms with Crippen LogP contribution in [0.15, 0.2) is 72.9 Å². The molecule has 0 bridgehead atoms. The molecule has 2 aromatic carbocycles. The number of nitrogens with one attached hydrogen (secondary N) is 1. The molecule has 150 valence electrons. The Morgan fingerprint density at radius 1 is 1.03 bits per heavy atom. The number of benzene rings is 2. The van der Waals surface area contributed by atoms with Crippen molar-refractivity contribution in [2.75, 3.05) is 5.32 Å². The van der Waals surface area contributed by atoms with E-state index >= 15 is 0 Å². The number of imidazole rings is 1. The zero-order valence-corrected chi connectivity index (χ0v) is 16.9. The molecule has 5 nitrogen and oxygen atoms in total. The van der Waals surface area contributed by atoms with Gasteiger partial charge < -0.3 is 11.1 Å². The van der Waals surface area contributed by atoms with Gasteiger partial charge in [0.15, 0.2) is 0 Å². The number of hydrogen-bond donors (Lipinski definition) is 2. The monoisotopic (exact) mass is 396 g/mol. The van der Waals surface area contributed by atoms with Crippen molar-refractivity contribution in [2.45, 2.75) is 31.7 Å². The van der Waals surface area contributed by atoms with Gasteiger partial charge >= 0.3 is 0 Å². The van der Waals surface area contributed by atoms with Gasteiger partial charge in [-0.05, 0) is 30.9 Å². The number of nitrogens with two attached hydrogens (primary N) is 1. The largest absolute Gasteiger partial charge is 0.326 e. The lowest BCUT2D eigenvalue weighted by atomic mass is 9.72. The van der Waals surface area contributed by atoms with E-state index < -0.39 is 0 Å². The number of nitrogens with zero attached hydrogens (tertiary/aromatic N) is 2. The van der Waals surface area contributed by atoms with Crippen LogP contribution in [0.25, 0.3) is 28.2 Å². The van der Waals surface area contributed by atoms with E-state index in [0.29, 0.717) is 0 Å². The predicted octanol–water partition coefficient (Wildman–Crippen LogP) is 4.96. The standard InChI is InChI=1S/C25H24N4O/c1-17(30)27-21-12-15-29-22(16-21)28-23(24(29)19-6-3-2-4-7-19)18-8-10-20(11-9-18)25(26)13-5-14-25/h2-4,6-12,15-16H,5,13-14,26H2,1H3,(H,27,30). The lowest BCUT2D eigenvalue weighted by Crippen LogP contribution is -2.43. The highest BCUT2D eigenvalue weighted by Crippen LogP contribution is 2.40. The Hall–Kier alpha value is -3.44. The smallest absolute Gasteiger partial charge is 0.221 e. The maximum Gasteiger partial charge on any atom is 0.221 e. The normalized spacial score (nSPS) is 15.0. The first kappa shape index (κ1) is 18.6. The second-order valence-electron chi connectivity index (χ2n) is 8.09. The van der Waals surface area contributed by atoms with Crippen LogP contribution in [0.5, 0.6) is 0 Å². The van der Waals surface area contributed by atoms with Gasteiger partial charge in [-0.25, -0.2) is 4.98 Å². The van der Waals surface area contributed by atoms with Crippen molar-refractivity contribution >= 4 is 17.2 Å². The fourth-order valence-corrected chi connectivity index (χ4v) is 4.21. The average Bonchev–Trinajstić information content (AvgIpc) is 3.11. The van der Waals surface area contributed by atoms with Crippen LogP contribution < -0.4 is 11.1 Å². The fourth-order valence-electron chi connectivity index (χ4n) is 4.21. The minimum atomic E-state index is -0.174. The van der Waals surface area contributed by atoms with Crippen molar-refractivity contribution in [3.63, 3.8) is 0 Å². The second-order valence-corrected chi connectivity index (χ2v) is 8.09. The molecule has 0 unspecified atom stereocenters. The molecule has 0 atom stereocenters. The molecule has 4 aromatic rings. The van der Waals surface area contributed by atoms with E-state index in [2.05, 4.69) is 46.1 Å². The molecule has 0 spiro atoms. The second kappa shape index (κ2) is 7.11. The minimum absolute atomic E-state index is 0.100. The lowest BCUT2D eigenvalue weighted by Gasteiger charge is -2.38. The van der Waals surface area contributed by atoms with E-state index in [1.165, 1.54) is 18.9 Å². The van der Waals surface area contributed by atoms with Crippen LogP contribution in [-0.4, -0.2) is 15.3 Å². The highest BCUT2D eigenvalue weighted by atomic mass is 16.1. The van der Waals surface area contributed by atoms with Crippen LogP contribution in [0.1, 0.15) is 31.7 Å². The summed E-state index contributed by atoms with van der Waals surface area (Å²) in [6.07, 6.45) is 5.24. The molecule has 2 heterocycles. The number of hydrogen-bond acceptors (Lipinski definition) is 3. The number of pyridine rings is 1. The summed E-state index contributed by atoms with van der Waals surface area (Å²) in [6.45, 7) is 1.50. The Balaban J connectivity index is 1.65. The number of amides is 1. The van der Waals surface area contributed by atoms with E-state index in [1.54, 1.807) is 0 Å². The maximum absolute atomic E-state index is 11.5. The van der Waals surface area contributed by atoms with Gasteiger partial charge in [0.25, 0.3) is 0 Å². The third-order valence-electron chi connectivity index (χ3n) is 5.97. The topological polar surface area (TPSA) is 72.4 Å². The molecule has 5 heteroatoms. The average molecular weight is 396 g/mol. The number of anilines is 1. The molecule has 1 fully saturated rings. The van der Waals surface area contributed by atoms with Gasteiger partial charge in [-0.3, -0.25) is 9.20 Å². The molecule has 3 N–H and O–H groups in total. The van der Waals surface area contributed by atoms with Crippen molar-refractivity contribution in [3.05, 3.63) is 78.5 Å². The van der Waals surface area contributed by atoms with Crippen LogP contribution in [0, 0.1) is 0 Å². The molecule has 1 amide bonds. The maximum atomic E-state index is 11.5. The van der Waals surface area contributed by atoms with Crippen molar-refractivity contribution in [2.24, 2.45) is 5.73 Å². The van der Waals surface area contributed by atoms with E-state index in [1.807, 2.05) is 36.5 Å².